The topological polar surface area (TPSA) is 366 Å². The number of rotatable bonds is 24. The normalized spacial score (nSPS) is 14.3. The number of unbranched alkanes of at least 4 members (excludes halogenated alkanes) is 3. The second-order valence-electron chi connectivity index (χ2n) is 20.5. The highest BCUT2D eigenvalue weighted by atomic mass is 16.4. The predicted molar refractivity (Wildman–Crippen MR) is 311 cm³/mol. The highest BCUT2D eigenvalue weighted by molar-refractivity contribution is 6.03. The lowest BCUT2D eigenvalue weighted by atomic mass is 9.85. The Hall–Kier alpha value is -9.54. The first-order chi connectivity index (χ1) is 39.2. The summed E-state index contributed by atoms with van der Waals surface area (Å²) < 4.78 is 0. The van der Waals surface area contributed by atoms with Crippen molar-refractivity contribution in [1.82, 2.24) is 55.8 Å². The van der Waals surface area contributed by atoms with Crippen LogP contribution < -0.4 is 32.6 Å². The standard InChI is InChI=1S/C59H67N13O10/c1-7-36-29(3)41-24-43-31(5)38(51(68-43)39(23-49(75)76)52-50(58(81)82)32(6)44(69-52)26-46-37(8-2)30(4)42(67-46)25-45(36)66-41)17-19-47(73)61-21-11-9-10-12-22-62-48(74)20-18-40(57(79)80)70-55(77)33-13-15-34(16-14-33)63-27-35-28-64-54-53(65-35)56(78)72-59(60)71-54/h7,13-16,24-26,28,31,38,40,63,66,69H,1,8-12,17-23,27H2,2-6H3,(H,61,73)(H,62,74)(H,70,77)(H,75,76)(H,79,80)(H,81,82)(H3,60,64,71,72,78). The van der Waals surface area contributed by atoms with E-state index in [1.54, 1.807) is 25.1 Å². The van der Waals surface area contributed by atoms with Crippen LogP contribution in [0.25, 0.3) is 50.5 Å². The van der Waals surface area contributed by atoms with Gasteiger partial charge in [-0.3, -0.25) is 33.9 Å². The number of nitrogen functional groups attached to an aromatic ring is 1. The maximum atomic E-state index is 13.5. The number of nitrogens with two attached hydrogens (primary N) is 1. The van der Waals surface area contributed by atoms with Crippen molar-refractivity contribution in [1.29, 1.82) is 0 Å². The number of nitrogens with one attached hydrogen (secondary N) is 7. The zero-order valence-electron chi connectivity index (χ0n) is 46.3. The SMILES string of the molecule is C=Cc1c(C)c2cc3nc(c(CC(=O)O)c4[nH]c(cc5nc(cc1[nH]2)C(C)=C5CC)c(C)c4C(=O)O)C(CCC(=O)NCCCCCCNC(=O)CCC(NC(=O)c1ccc(NCc2cnc4nc(N)[nH]c(=O)c4n2)cc1)C(=O)O)C3C. The maximum Gasteiger partial charge on any atom is 0.338 e. The number of aromatic amines is 3. The third-order valence-corrected chi connectivity index (χ3v) is 15.1. The van der Waals surface area contributed by atoms with Gasteiger partial charge in [0.1, 0.15) is 6.04 Å². The van der Waals surface area contributed by atoms with Crippen LogP contribution >= 0.6 is 0 Å². The number of allylic oxidation sites excluding steroid dienone is 2. The number of aryl methyl sites for hydroxylation is 2. The molecule has 3 unspecified atom stereocenters. The van der Waals surface area contributed by atoms with Crippen molar-refractivity contribution in [2.24, 2.45) is 0 Å². The molecule has 0 aliphatic carbocycles. The quantitative estimate of drug-likeness (QED) is 0.0260. The summed E-state index contributed by atoms with van der Waals surface area (Å²) in [5, 5.41) is 42.3. The highest BCUT2D eigenvalue weighted by Crippen LogP contribution is 2.43. The number of aromatic nitrogens is 8. The summed E-state index contributed by atoms with van der Waals surface area (Å²) in [6.45, 7) is 14.7. The van der Waals surface area contributed by atoms with E-state index in [1.807, 2.05) is 45.9 Å². The second-order valence-corrected chi connectivity index (χ2v) is 20.5. The third-order valence-electron chi connectivity index (χ3n) is 15.1. The number of aromatic carboxylic acids is 1. The van der Waals surface area contributed by atoms with Crippen LogP contribution in [-0.4, -0.2) is 110 Å². The molecule has 1 aromatic carbocycles. The Bertz CT molecular complexity index is 3790. The lowest BCUT2D eigenvalue weighted by Gasteiger charge is -2.18. The fourth-order valence-electron chi connectivity index (χ4n) is 10.5. The zero-order chi connectivity index (χ0) is 58.9. The molecule has 3 amide bonds. The molecule has 0 fully saturated rings. The number of hydrogen-bond donors (Lipinski definition) is 11. The molecule has 0 radical (unpaired) electrons. The Labute approximate surface area is 470 Å². The van der Waals surface area contributed by atoms with Crippen molar-refractivity contribution in [3.8, 4) is 0 Å². The van der Waals surface area contributed by atoms with Gasteiger partial charge in [0.05, 0.1) is 53.0 Å². The molecule has 12 N–H and O–H groups in total. The average Bonchev–Trinajstić information content (AvgIpc) is 3.08. The zero-order valence-corrected chi connectivity index (χ0v) is 46.3. The molecular weight excluding hydrogens is 1050 g/mol. The molecule has 0 spiro atoms. The summed E-state index contributed by atoms with van der Waals surface area (Å²) in [4.78, 5) is 121. The number of H-pyrrole nitrogens is 3. The number of carbonyl (C=O) groups is 6. The van der Waals surface area contributed by atoms with Gasteiger partial charge in [0.2, 0.25) is 17.8 Å². The van der Waals surface area contributed by atoms with Crippen molar-refractivity contribution in [3.05, 3.63) is 127 Å². The summed E-state index contributed by atoms with van der Waals surface area (Å²) in [5.74, 6) is -5.69. The molecule has 0 saturated heterocycles. The highest BCUT2D eigenvalue weighted by Gasteiger charge is 2.34. The van der Waals surface area contributed by atoms with Gasteiger partial charge in [-0.25, -0.2) is 24.5 Å². The number of nitrogens with zero attached hydrogens (tertiary/aromatic N) is 5. The maximum absolute atomic E-state index is 13.5. The summed E-state index contributed by atoms with van der Waals surface area (Å²) in [7, 11) is 0. The Morgan fingerprint density at radius 1 is 0.817 bits per heavy atom. The molecule has 7 heterocycles. The van der Waals surface area contributed by atoms with E-state index < -0.39 is 47.8 Å². The van der Waals surface area contributed by atoms with Crippen LogP contribution in [0.4, 0.5) is 11.6 Å². The fourth-order valence-corrected chi connectivity index (χ4v) is 10.5. The average molecular weight is 1120 g/mol. The monoisotopic (exact) mass is 1120 g/mol. The number of fused-ring (bicyclic) bond motifs is 9. The van der Waals surface area contributed by atoms with Crippen LogP contribution in [0.2, 0.25) is 0 Å². The number of aliphatic carboxylic acids is 2. The summed E-state index contributed by atoms with van der Waals surface area (Å²) in [5.41, 5.74) is 15.5. The van der Waals surface area contributed by atoms with E-state index in [1.165, 1.54) is 18.3 Å². The minimum absolute atomic E-state index is 0.0383. The van der Waals surface area contributed by atoms with Crippen molar-refractivity contribution in [2.45, 2.75) is 123 Å². The lowest BCUT2D eigenvalue weighted by molar-refractivity contribution is -0.139. The van der Waals surface area contributed by atoms with Gasteiger partial charge in [0.25, 0.3) is 11.5 Å². The van der Waals surface area contributed by atoms with Gasteiger partial charge in [-0.05, 0) is 118 Å². The van der Waals surface area contributed by atoms with Crippen LogP contribution in [0.1, 0.15) is 162 Å². The number of carboxylic acids is 3. The first-order valence-electron chi connectivity index (χ1n) is 27.2. The van der Waals surface area contributed by atoms with Crippen LogP contribution in [0.15, 0.2) is 60.0 Å². The molecular formula is C59H67N13O10. The Morgan fingerprint density at radius 2 is 1.50 bits per heavy atom. The number of benzene rings is 1. The number of carbonyl (C=O) groups excluding carboxylic acids is 3. The van der Waals surface area contributed by atoms with E-state index >= 15 is 0 Å². The summed E-state index contributed by atoms with van der Waals surface area (Å²) >= 11 is 0. The van der Waals surface area contributed by atoms with E-state index in [0.717, 1.165) is 51.8 Å². The molecule has 23 heteroatoms. The minimum atomic E-state index is -1.31. The van der Waals surface area contributed by atoms with Crippen molar-refractivity contribution in [2.75, 3.05) is 24.1 Å². The van der Waals surface area contributed by atoms with Crippen LogP contribution in [0.3, 0.4) is 0 Å². The van der Waals surface area contributed by atoms with E-state index in [2.05, 4.69) is 57.7 Å². The van der Waals surface area contributed by atoms with Gasteiger partial charge in [0.15, 0.2) is 11.2 Å². The van der Waals surface area contributed by atoms with Gasteiger partial charge < -0.3 is 52.3 Å². The Balaban J connectivity index is 0.828. The first kappa shape index (κ1) is 58.6. The molecule has 3 atom stereocenters. The van der Waals surface area contributed by atoms with Crippen LogP contribution in [-0.2, 0) is 32.1 Å². The first-order valence-corrected chi connectivity index (χ1v) is 27.2. The van der Waals surface area contributed by atoms with Crippen molar-refractivity contribution >= 4 is 97.7 Å². The largest absolute Gasteiger partial charge is 0.481 e. The lowest BCUT2D eigenvalue weighted by Crippen LogP contribution is -2.41. The Kier molecular flexibility index (Phi) is 18.4. The van der Waals surface area contributed by atoms with E-state index in [-0.39, 0.29) is 82.9 Å². The molecule has 82 heavy (non-hydrogen) atoms. The van der Waals surface area contributed by atoms with Crippen molar-refractivity contribution in [3.63, 3.8) is 0 Å². The predicted octanol–water partition coefficient (Wildman–Crippen LogP) is 7.59. The number of carboxylic acid groups (broad SMARTS) is 3. The third kappa shape index (κ3) is 13.4. The van der Waals surface area contributed by atoms with Crippen LogP contribution in [0.5, 0.6) is 0 Å². The molecule has 23 nitrogen and oxygen atoms in total. The minimum Gasteiger partial charge on any atom is -0.481 e. The number of anilines is 2. The van der Waals surface area contributed by atoms with Gasteiger partial charge in [0, 0.05) is 82.4 Å². The van der Waals surface area contributed by atoms with Gasteiger partial charge >= 0.3 is 17.9 Å². The summed E-state index contributed by atoms with van der Waals surface area (Å²) in [6.07, 6.45) is 6.32. The fraction of sp³-hybridized carbons (Fsp3) is 0.356. The van der Waals surface area contributed by atoms with Gasteiger partial charge in [-0.2, -0.15) is 4.98 Å². The number of amides is 3. The van der Waals surface area contributed by atoms with Crippen LogP contribution in [0, 0.1) is 13.8 Å². The van der Waals surface area contributed by atoms with E-state index in [4.69, 9.17) is 15.7 Å². The second kappa shape index (κ2) is 25.7. The molecule has 428 valence electrons. The molecule has 8 rings (SSSR count). The van der Waals surface area contributed by atoms with Crippen molar-refractivity contribution < 1.29 is 44.1 Å². The van der Waals surface area contributed by atoms with E-state index in [9.17, 15) is 48.9 Å². The smallest absolute Gasteiger partial charge is 0.338 e. The van der Waals surface area contributed by atoms with Gasteiger partial charge in [-0.1, -0.05) is 39.3 Å². The molecule has 6 aromatic rings. The molecule has 5 aromatic heterocycles. The summed E-state index contributed by atoms with van der Waals surface area (Å²) in [6, 6.07) is 10.7. The molecule has 0 saturated carbocycles. The Morgan fingerprint density at radius 3 is 2.16 bits per heavy atom. The molecule has 2 aliphatic rings. The molecule has 2 aliphatic heterocycles. The number of hydrogen-bond acceptors (Lipinski definition) is 14. The van der Waals surface area contributed by atoms with Gasteiger partial charge in [-0.15, -0.1) is 0 Å². The molecule has 8 bridgehead atoms. The van der Waals surface area contributed by atoms with E-state index in [0.29, 0.717) is 78.3 Å².